The molecule has 7 heteroatoms. The Morgan fingerprint density at radius 3 is 2.50 bits per heavy atom. The van der Waals surface area contributed by atoms with Crippen molar-refractivity contribution in [1.29, 1.82) is 0 Å². The summed E-state index contributed by atoms with van der Waals surface area (Å²) >= 11 is 0. The molecule has 0 atom stereocenters. The molecule has 7 nitrogen and oxygen atoms in total. The fourth-order valence-electron chi connectivity index (χ4n) is 3.36. The number of aliphatic hydroxyl groups is 1. The molecule has 0 spiro atoms. The molecule has 1 aliphatic carbocycles. The molecule has 0 unspecified atom stereocenters. The maximum atomic E-state index is 11.0. The van der Waals surface area contributed by atoms with Crippen molar-refractivity contribution >= 4 is 17.4 Å². The van der Waals surface area contributed by atoms with Crippen LogP contribution in [0, 0.1) is 0 Å². The van der Waals surface area contributed by atoms with Gasteiger partial charge in [-0.2, -0.15) is 0 Å². The monoisotopic (exact) mass is 352 g/mol. The highest BCUT2D eigenvalue weighted by Gasteiger charge is 2.19. The van der Waals surface area contributed by atoms with E-state index in [0.717, 1.165) is 48.4 Å². The van der Waals surface area contributed by atoms with Gasteiger partial charge in [0.1, 0.15) is 5.82 Å². The van der Waals surface area contributed by atoms with E-state index in [2.05, 4.69) is 15.4 Å². The maximum absolute atomic E-state index is 11.0. The summed E-state index contributed by atoms with van der Waals surface area (Å²) < 4.78 is 1.76. The second-order valence-electron chi connectivity index (χ2n) is 6.66. The predicted molar refractivity (Wildman–Crippen MR) is 97.3 cm³/mol. The number of aliphatic hydroxyl groups excluding tert-OH is 1. The number of hydrogen-bond acceptors (Lipinski definition) is 5. The zero-order valence-electron chi connectivity index (χ0n) is 14.2. The van der Waals surface area contributed by atoms with E-state index >= 15 is 0 Å². The summed E-state index contributed by atoms with van der Waals surface area (Å²) in [5.74, 6) is -0.183. The number of hydrogen-bond donors (Lipinski definition) is 3. The Bertz CT molecular complexity index is 928. The summed E-state index contributed by atoms with van der Waals surface area (Å²) in [5, 5.41) is 26.7. The molecule has 1 aromatic carbocycles. The summed E-state index contributed by atoms with van der Waals surface area (Å²) in [6, 6.07) is 10.8. The average molecular weight is 352 g/mol. The molecule has 3 aromatic rings. The molecular weight excluding hydrogens is 332 g/mol. The summed E-state index contributed by atoms with van der Waals surface area (Å²) in [6.45, 7) is 0. The molecule has 3 N–H and O–H groups in total. The number of nitrogens with one attached hydrogen (secondary N) is 1. The van der Waals surface area contributed by atoms with Gasteiger partial charge >= 0.3 is 5.97 Å². The Hall–Kier alpha value is -2.93. The average Bonchev–Trinajstić information content (AvgIpc) is 3.07. The number of imidazole rings is 1. The first-order valence-corrected chi connectivity index (χ1v) is 8.73. The molecular formula is C19H20N4O3. The van der Waals surface area contributed by atoms with E-state index in [4.69, 9.17) is 5.11 Å². The van der Waals surface area contributed by atoms with Crippen LogP contribution < -0.4 is 5.32 Å². The number of aromatic carboxylic acids is 1. The minimum absolute atomic E-state index is 0.183. The van der Waals surface area contributed by atoms with Gasteiger partial charge in [-0.05, 0) is 49.9 Å². The highest BCUT2D eigenvalue weighted by atomic mass is 16.4. The maximum Gasteiger partial charge on any atom is 0.335 e. The van der Waals surface area contributed by atoms with Crippen LogP contribution in [0.4, 0.5) is 5.82 Å². The van der Waals surface area contributed by atoms with Crippen molar-refractivity contribution in [3.8, 4) is 11.3 Å². The molecule has 0 saturated heterocycles. The number of nitrogens with zero attached hydrogens (tertiary/aromatic N) is 3. The molecule has 0 radical (unpaired) electrons. The number of anilines is 1. The first-order valence-electron chi connectivity index (χ1n) is 8.73. The van der Waals surface area contributed by atoms with Crippen LogP contribution in [-0.2, 0) is 0 Å². The first-order chi connectivity index (χ1) is 12.6. The van der Waals surface area contributed by atoms with Crippen LogP contribution >= 0.6 is 0 Å². The van der Waals surface area contributed by atoms with Gasteiger partial charge in [0.15, 0.2) is 5.65 Å². The largest absolute Gasteiger partial charge is 0.478 e. The van der Waals surface area contributed by atoms with Crippen LogP contribution in [0.5, 0.6) is 0 Å². The third-order valence-electron chi connectivity index (χ3n) is 4.84. The van der Waals surface area contributed by atoms with Crippen LogP contribution in [-0.4, -0.2) is 42.9 Å². The van der Waals surface area contributed by atoms with E-state index in [0.29, 0.717) is 6.04 Å². The van der Waals surface area contributed by atoms with Gasteiger partial charge in [0.05, 0.1) is 23.6 Å². The van der Waals surface area contributed by atoms with E-state index < -0.39 is 5.97 Å². The highest BCUT2D eigenvalue weighted by molar-refractivity contribution is 5.88. The lowest BCUT2D eigenvalue weighted by Gasteiger charge is -2.26. The number of carbonyl (C=O) groups is 1. The number of fused-ring (bicyclic) bond motifs is 1. The van der Waals surface area contributed by atoms with Crippen molar-refractivity contribution in [3.05, 3.63) is 48.2 Å². The van der Waals surface area contributed by atoms with E-state index in [1.54, 1.807) is 35.0 Å². The molecule has 26 heavy (non-hydrogen) atoms. The van der Waals surface area contributed by atoms with E-state index in [1.807, 2.05) is 12.1 Å². The summed E-state index contributed by atoms with van der Waals surface area (Å²) in [5.41, 5.74) is 2.64. The van der Waals surface area contributed by atoms with Gasteiger partial charge in [0.2, 0.25) is 0 Å². The number of rotatable bonds is 4. The molecule has 1 fully saturated rings. The van der Waals surface area contributed by atoms with Gasteiger partial charge in [-0.15, -0.1) is 5.10 Å². The van der Waals surface area contributed by atoms with Crippen LogP contribution in [0.3, 0.4) is 0 Å². The van der Waals surface area contributed by atoms with Crippen molar-refractivity contribution in [1.82, 2.24) is 14.6 Å². The number of carboxylic acid groups (broad SMARTS) is 1. The van der Waals surface area contributed by atoms with Crippen molar-refractivity contribution in [2.75, 3.05) is 5.32 Å². The van der Waals surface area contributed by atoms with Crippen molar-refractivity contribution in [3.63, 3.8) is 0 Å². The van der Waals surface area contributed by atoms with Crippen molar-refractivity contribution in [2.45, 2.75) is 37.8 Å². The SMILES string of the molecule is O=C(O)c1ccc(-c2cnc3ccc(NC4CCC(O)CC4)nn23)cc1. The van der Waals surface area contributed by atoms with Gasteiger partial charge in [0.25, 0.3) is 0 Å². The fourth-order valence-corrected chi connectivity index (χ4v) is 3.36. The predicted octanol–water partition coefficient (Wildman–Crippen LogP) is 2.81. The Balaban J connectivity index is 1.61. The van der Waals surface area contributed by atoms with Crippen LogP contribution in [0.25, 0.3) is 16.9 Å². The molecule has 0 amide bonds. The molecule has 2 heterocycles. The van der Waals surface area contributed by atoms with Gasteiger partial charge in [-0.25, -0.2) is 14.3 Å². The van der Waals surface area contributed by atoms with Crippen LogP contribution in [0.15, 0.2) is 42.6 Å². The summed E-state index contributed by atoms with van der Waals surface area (Å²) in [6.07, 6.45) is 5.03. The second kappa shape index (κ2) is 6.76. The quantitative estimate of drug-likeness (QED) is 0.668. The number of aromatic nitrogens is 3. The van der Waals surface area contributed by atoms with Crippen LogP contribution in [0.1, 0.15) is 36.0 Å². The Labute approximate surface area is 150 Å². The molecule has 134 valence electrons. The topological polar surface area (TPSA) is 99.8 Å². The molecule has 4 rings (SSSR count). The third kappa shape index (κ3) is 3.25. The summed E-state index contributed by atoms with van der Waals surface area (Å²) in [7, 11) is 0. The lowest BCUT2D eigenvalue weighted by molar-refractivity contribution is 0.0697. The normalized spacial score (nSPS) is 20.2. The third-order valence-corrected chi connectivity index (χ3v) is 4.84. The summed E-state index contributed by atoms with van der Waals surface area (Å²) in [4.78, 5) is 15.4. The van der Waals surface area contributed by atoms with Gasteiger partial charge in [0, 0.05) is 11.6 Å². The molecule has 1 aliphatic rings. The molecule has 1 saturated carbocycles. The molecule has 0 aliphatic heterocycles. The standard InChI is InChI=1S/C19H20N4O3/c24-15-7-5-14(6-8-15)21-17-9-10-18-20-11-16(23(18)22-17)12-1-3-13(4-2-12)19(25)26/h1-4,9-11,14-15,24H,5-8H2,(H,21,22)(H,25,26). The van der Waals surface area contributed by atoms with Gasteiger partial charge in [-0.1, -0.05) is 12.1 Å². The number of carboxylic acids is 1. The smallest absolute Gasteiger partial charge is 0.335 e. The van der Waals surface area contributed by atoms with Crippen molar-refractivity contribution in [2.24, 2.45) is 0 Å². The Morgan fingerprint density at radius 2 is 1.81 bits per heavy atom. The number of benzene rings is 1. The van der Waals surface area contributed by atoms with E-state index in [-0.39, 0.29) is 11.7 Å². The molecule has 2 aromatic heterocycles. The lowest BCUT2D eigenvalue weighted by atomic mass is 9.93. The molecule has 0 bridgehead atoms. The van der Waals surface area contributed by atoms with Crippen molar-refractivity contribution < 1.29 is 15.0 Å². The first kappa shape index (κ1) is 16.5. The zero-order chi connectivity index (χ0) is 18.1. The Kier molecular flexibility index (Phi) is 4.30. The van der Waals surface area contributed by atoms with Crippen LogP contribution in [0.2, 0.25) is 0 Å². The van der Waals surface area contributed by atoms with Gasteiger partial charge < -0.3 is 15.5 Å². The minimum atomic E-state index is -0.947. The minimum Gasteiger partial charge on any atom is -0.478 e. The zero-order valence-corrected chi connectivity index (χ0v) is 14.2. The second-order valence-corrected chi connectivity index (χ2v) is 6.66. The highest BCUT2D eigenvalue weighted by Crippen LogP contribution is 2.24. The fraction of sp³-hybridized carbons (Fsp3) is 0.316. The van der Waals surface area contributed by atoms with E-state index in [1.165, 1.54) is 0 Å². The van der Waals surface area contributed by atoms with E-state index in [9.17, 15) is 9.90 Å². The van der Waals surface area contributed by atoms with Gasteiger partial charge in [-0.3, -0.25) is 0 Å². The lowest BCUT2D eigenvalue weighted by Crippen LogP contribution is -2.28. The Morgan fingerprint density at radius 1 is 1.08 bits per heavy atom.